The molecule has 0 amide bonds. The van der Waals surface area contributed by atoms with Crippen molar-refractivity contribution in [2.45, 2.75) is 13.3 Å². The van der Waals surface area contributed by atoms with Crippen LogP contribution in [0, 0.1) is 0 Å². The van der Waals surface area contributed by atoms with Gasteiger partial charge in [-0.1, -0.05) is 6.92 Å². The number of nitrogens with two attached hydrogens (primary N) is 1. The van der Waals surface area contributed by atoms with Gasteiger partial charge in [0.15, 0.2) is 5.82 Å². The van der Waals surface area contributed by atoms with Crippen LogP contribution in [0.5, 0.6) is 5.75 Å². The van der Waals surface area contributed by atoms with Gasteiger partial charge in [0, 0.05) is 5.69 Å². The van der Waals surface area contributed by atoms with Crippen LogP contribution in [0.2, 0.25) is 0 Å². The summed E-state index contributed by atoms with van der Waals surface area (Å²) in [6.45, 7) is 2.81. The fraction of sp³-hybridized carbons (Fsp3) is 0.231. The molecule has 0 saturated heterocycles. The second-order valence-electron chi connectivity index (χ2n) is 3.83. The lowest BCUT2D eigenvalue weighted by atomic mass is 10.3. The van der Waals surface area contributed by atoms with Gasteiger partial charge in [0.25, 0.3) is 0 Å². The zero-order valence-corrected chi connectivity index (χ0v) is 10.3. The highest BCUT2D eigenvalue weighted by Gasteiger charge is 1.98. The Morgan fingerprint density at radius 2 is 2.00 bits per heavy atom. The molecule has 2 aromatic rings. The van der Waals surface area contributed by atoms with E-state index in [-0.39, 0.29) is 0 Å². The van der Waals surface area contributed by atoms with E-state index in [0.29, 0.717) is 11.6 Å². The maximum absolute atomic E-state index is 5.56. The predicted molar refractivity (Wildman–Crippen MR) is 72.0 cm³/mol. The third kappa shape index (κ3) is 3.35. The molecule has 1 heterocycles. The van der Waals surface area contributed by atoms with Crippen molar-refractivity contribution in [3.05, 3.63) is 36.7 Å². The molecule has 0 fully saturated rings. The van der Waals surface area contributed by atoms with Gasteiger partial charge >= 0.3 is 0 Å². The van der Waals surface area contributed by atoms with Gasteiger partial charge < -0.3 is 15.8 Å². The van der Waals surface area contributed by atoms with E-state index in [1.165, 1.54) is 6.20 Å². The van der Waals surface area contributed by atoms with Crippen molar-refractivity contribution in [1.82, 2.24) is 9.97 Å². The van der Waals surface area contributed by atoms with E-state index in [2.05, 4.69) is 22.2 Å². The van der Waals surface area contributed by atoms with Gasteiger partial charge in [-0.05, 0) is 30.7 Å². The smallest absolute Gasteiger partial charge is 0.151 e. The highest BCUT2D eigenvalue weighted by molar-refractivity contribution is 5.57. The van der Waals surface area contributed by atoms with Crippen LogP contribution in [-0.2, 0) is 0 Å². The summed E-state index contributed by atoms with van der Waals surface area (Å²) in [7, 11) is 0. The van der Waals surface area contributed by atoms with E-state index < -0.39 is 0 Å². The third-order valence-electron chi connectivity index (χ3n) is 2.25. The molecule has 0 atom stereocenters. The van der Waals surface area contributed by atoms with E-state index in [1.54, 1.807) is 6.20 Å². The number of rotatable bonds is 5. The Kier molecular flexibility index (Phi) is 3.96. The topological polar surface area (TPSA) is 73.1 Å². The molecule has 0 aliphatic heterocycles. The maximum Gasteiger partial charge on any atom is 0.151 e. The molecule has 3 N–H and O–H groups in total. The van der Waals surface area contributed by atoms with Crippen molar-refractivity contribution in [2.75, 3.05) is 17.7 Å². The molecule has 2 rings (SSSR count). The largest absolute Gasteiger partial charge is 0.494 e. The van der Waals surface area contributed by atoms with Crippen LogP contribution >= 0.6 is 0 Å². The minimum atomic E-state index is 0.392. The van der Waals surface area contributed by atoms with E-state index in [1.807, 2.05) is 24.3 Å². The number of nitrogen functional groups attached to an aromatic ring is 1. The lowest BCUT2D eigenvalue weighted by Crippen LogP contribution is -1.98. The molecule has 1 aromatic carbocycles. The molecule has 0 aliphatic carbocycles. The van der Waals surface area contributed by atoms with Gasteiger partial charge in [0.05, 0.1) is 19.0 Å². The monoisotopic (exact) mass is 244 g/mol. The number of anilines is 3. The van der Waals surface area contributed by atoms with E-state index >= 15 is 0 Å². The average molecular weight is 244 g/mol. The first-order valence-corrected chi connectivity index (χ1v) is 5.85. The second-order valence-corrected chi connectivity index (χ2v) is 3.83. The first kappa shape index (κ1) is 12.2. The number of hydrogen-bond acceptors (Lipinski definition) is 5. The van der Waals surface area contributed by atoms with Gasteiger partial charge in [0.2, 0.25) is 0 Å². The summed E-state index contributed by atoms with van der Waals surface area (Å²) >= 11 is 0. The highest BCUT2D eigenvalue weighted by atomic mass is 16.5. The Hall–Kier alpha value is -2.30. The van der Waals surface area contributed by atoms with Crippen molar-refractivity contribution >= 4 is 17.3 Å². The molecule has 94 valence electrons. The first-order valence-electron chi connectivity index (χ1n) is 5.85. The zero-order valence-electron chi connectivity index (χ0n) is 10.3. The lowest BCUT2D eigenvalue weighted by Gasteiger charge is -2.07. The number of aromatic nitrogens is 2. The molecule has 0 spiro atoms. The molecular weight excluding hydrogens is 228 g/mol. The number of benzene rings is 1. The standard InChI is InChI=1S/C13H16N4O/c1-2-7-18-11-5-3-10(4-6-11)16-13-9-15-8-12(14)17-13/h3-6,8-9H,2,7H2,1H3,(H3,14,16,17). The summed E-state index contributed by atoms with van der Waals surface area (Å²) in [5, 5.41) is 3.12. The fourth-order valence-corrected chi connectivity index (χ4v) is 1.44. The molecule has 0 bridgehead atoms. The zero-order chi connectivity index (χ0) is 12.8. The van der Waals surface area contributed by atoms with Gasteiger partial charge in [-0.15, -0.1) is 0 Å². The number of nitrogens with one attached hydrogen (secondary N) is 1. The summed E-state index contributed by atoms with van der Waals surface area (Å²) in [6.07, 6.45) is 4.13. The summed E-state index contributed by atoms with van der Waals surface area (Å²) in [5.41, 5.74) is 6.47. The summed E-state index contributed by atoms with van der Waals surface area (Å²) < 4.78 is 5.50. The Bertz CT molecular complexity index is 499. The van der Waals surface area contributed by atoms with E-state index in [0.717, 1.165) is 24.5 Å². The van der Waals surface area contributed by atoms with Gasteiger partial charge in [-0.2, -0.15) is 0 Å². The molecule has 0 aliphatic rings. The molecule has 5 nitrogen and oxygen atoms in total. The first-order chi connectivity index (χ1) is 8.78. The van der Waals surface area contributed by atoms with Crippen LogP contribution < -0.4 is 15.8 Å². The summed E-state index contributed by atoms with van der Waals surface area (Å²) in [6, 6.07) is 7.68. The van der Waals surface area contributed by atoms with Crippen LogP contribution in [0.3, 0.4) is 0 Å². The Labute approximate surface area is 106 Å². The minimum Gasteiger partial charge on any atom is -0.494 e. The summed E-state index contributed by atoms with van der Waals surface area (Å²) in [5.74, 6) is 1.88. The SMILES string of the molecule is CCCOc1ccc(Nc2cncc(N)n2)cc1. The molecule has 5 heteroatoms. The van der Waals surface area contributed by atoms with E-state index in [9.17, 15) is 0 Å². The quantitative estimate of drug-likeness (QED) is 0.845. The van der Waals surface area contributed by atoms with Crippen molar-refractivity contribution in [3.8, 4) is 5.75 Å². The molecule has 0 saturated carbocycles. The van der Waals surface area contributed by atoms with Crippen molar-refractivity contribution in [1.29, 1.82) is 0 Å². The van der Waals surface area contributed by atoms with Gasteiger partial charge in [-0.3, -0.25) is 4.98 Å². The van der Waals surface area contributed by atoms with E-state index in [4.69, 9.17) is 10.5 Å². The Morgan fingerprint density at radius 1 is 1.22 bits per heavy atom. The number of ether oxygens (including phenoxy) is 1. The van der Waals surface area contributed by atoms with Gasteiger partial charge in [0.1, 0.15) is 11.6 Å². The highest BCUT2D eigenvalue weighted by Crippen LogP contribution is 2.19. The second kappa shape index (κ2) is 5.86. The fourth-order valence-electron chi connectivity index (χ4n) is 1.44. The van der Waals surface area contributed by atoms with Crippen molar-refractivity contribution in [3.63, 3.8) is 0 Å². The van der Waals surface area contributed by atoms with Crippen molar-refractivity contribution < 1.29 is 4.74 Å². The minimum absolute atomic E-state index is 0.392. The molecule has 0 radical (unpaired) electrons. The molecule has 1 aromatic heterocycles. The van der Waals surface area contributed by atoms with Crippen LogP contribution in [0.15, 0.2) is 36.7 Å². The van der Waals surface area contributed by atoms with Gasteiger partial charge in [-0.25, -0.2) is 4.98 Å². The normalized spacial score (nSPS) is 10.1. The van der Waals surface area contributed by atoms with Crippen molar-refractivity contribution in [2.24, 2.45) is 0 Å². The van der Waals surface area contributed by atoms with Crippen LogP contribution in [0.25, 0.3) is 0 Å². The van der Waals surface area contributed by atoms with Crippen LogP contribution in [0.1, 0.15) is 13.3 Å². The lowest BCUT2D eigenvalue weighted by molar-refractivity contribution is 0.317. The Morgan fingerprint density at radius 3 is 2.67 bits per heavy atom. The number of nitrogens with zero attached hydrogens (tertiary/aromatic N) is 2. The van der Waals surface area contributed by atoms with Crippen LogP contribution in [0.4, 0.5) is 17.3 Å². The molecular formula is C13H16N4O. The maximum atomic E-state index is 5.56. The predicted octanol–water partition coefficient (Wildman–Crippen LogP) is 2.59. The number of hydrogen-bond donors (Lipinski definition) is 2. The average Bonchev–Trinajstić information content (AvgIpc) is 2.38. The molecule has 18 heavy (non-hydrogen) atoms. The Balaban J connectivity index is 2.02. The van der Waals surface area contributed by atoms with Crippen LogP contribution in [-0.4, -0.2) is 16.6 Å². The third-order valence-corrected chi connectivity index (χ3v) is 2.25. The summed E-state index contributed by atoms with van der Waals surface area (Å²) in [4.78, 5) is 8.08. The molecule has 0 unspecified atom stereocenters.